The third-order valence-corrected chi connectivity index (χ3v) is 6.97. The van der Waals surface area contributed by atoms with Gasteiger partial charge in [-0.05, 0) is 99.1 Å². The zero-order valence-corrected chi connectivity index (χ0v) is 24.5. The van der Waals surface area contributed by atoms with Crippen molar-refractivity contribution in [3.05, 3.63) is 118 Å². The molecule has 0 N–H and O–H groups in total. The number of methoxy groups -OCH3 is 1. The van der Waals surface area contributed by atoms with E-state index in [1.54, 1.807) is 24.4 Å². The SMILES string of the molecule is C/C=C\C=C/Cc1ccccc1CCCc1ccc(OC)cc1SC.C\C=C/C=C(CC)\C(C)=C\Cl. The number of hydrogen-bond donors (Lipinski definition) is 0. The van der Waals surface area contributed by atoms with Crippen molar-refractivity contribution in [2.45, 2.75) is 64.7 Å². The van der Waals surface area contributed by atoms with Gasteiger partial charge in [-0.2, -0.15) is 0 Å². The van der Waals surface area contributed by atoms with Crippen molar-refractivity contribution in [2.75, 3.05) is 13.4 Å². The van der Waals surface area contributed by atoms with Crippen LogP contribution in [0.25, 0.3) is 0 Å². The minimum absolute atomic E-state index is 0.936. The number of ether oxygens (including phenoxy) is 1. The zero-order chi connectivity index (χ0) is 26.6. The summed E-state index contributed by atoms with van der Waals surface area (Å²) in [4.78, 5) is 1.32. The van der Waals surface area contributed by atoms with Crippen LogP contribution in [0.1, 0.15) is 57.2 Å². The molecule has 0 bridgehead atoms. The summed E-state index contributed by atoms with van der Waals surface area (Å²) in [5.74, 6) is 0.936. The first-order valence-electron chi connectivity index (χ1n) is 12.7. The van der Waals surface area contributed by atoms with E-state index in [9.17, 15) is 0 Å². The Morgan fingerprint density at radius 1 is 0.944 bits per heavy atom. The molecule has 0 aliphatic carbocycles. The molecule has 2 aromatic rings. The maximum atomic E-state index is 5.58. The van der Waals surface area contributed by atoms with Gasteiger partial charge in [0.2, 0.25) is 0 Å². The lowest BCUT2D eigenvalue weighted by molar-refractivity contribution is 0.413. The Kier molecular flexibility index (Phi) is 17.3. The minimum atomic E-state index is 0.936. The summed E-state index contributed by atoms with van der Waals surface area (Å²) in [5.41, 5.74) is 8.37. The van der Waals surface area contributed by atoms with Gasteiger partial charge in [0, 0.05) is 10.4 Å². The van der Waals surface area contributed by atoms with Crippen LogP contribution in [0.2, 0.25) is 0 Å². The van der Waals surface area contributed by atoms with E-state index in [4.69, 9.17) is 16.3 Å². The highest BCUT2D eigenvalue weighted by atomic mass is 35.5. The fraction of sp³-hybridized carbons (Fsp3) is 0.333. The van der Waals surface area contributed by atoms with Gasteiger partial charge in [-0.3, -0.25) is 0 Å². The summed E-state index contributed by atoms with van der Waals surface area (Å²) in [6.07, 6.45) is 22.2. The van der Waals surface area contributed by atoms with Crippen molar-refractivity contribution in [1.29, 1.82) is 0 Å². The van der Waals surface area contributed by atoms with Gasteiger partial charge in [0.25, 0.3) is 0 Å². The van der Waals surface area contributed by atoms with Crippen LogP contribution in [0.4, 0.5) is 0 Å². The Morgan fingerprint density at radius 3 is 2.25 bits per heavy atom. The molecule has 0 radical (unpaired) electrons. The molecule has 0 aromatic heterocycles. The van der Waals surface area contributed by atoms with Crippen molar-refractivity contribution in [1.82, 2.24) is 0 Å². The van der Waals surface area contributed by atoms with E-state index in [-0.39, 0.29) is 0 Å². The summed E-state index contributed by atoms with van der Waals surface area (Å²) in [7, 11) is 1.72. The van der Waals surface area contributed by atoms with Crippen LogP contribution in [-0.2, 0) is 19.3 Å². The predicted octanol–water partition coefficient (Wildman–Crippen LogP) is 10.3. The van der Waals surface area contributed by atoms with Crippen LogP contribution >= 0.6 is 23.4 Å². The van der Waals surface area contributed by atoms with Crippen LogP contribution in [0.3, 0.4) is 0 Å². The number of allylic oxidation sites excluding steroid dienone is 9. The Balaban J connectivity index is 0.000000497. The van der Waals surface area contributed by atoms with Crippen molar-refractivity contribution in [2.24, 2.45) is 0 Å². The molecule has 0 aliphatic heterocycles. The van der Waals surface area contributed by atoms with Crippen molar-refractivity contribution >= 4 is 23.4 Å². The molecule has 2 aromatic carbocycles. The van der Waals surface area contributed by atoms with E-state index in [0.29, 0.717) is 0 Å². The number of aryl methyl sites for hydroxylation is 2. The average Bonchev–Trinajstić information content (AvgIpc) is 2.92. The smallest absolute Gasteiger partial charge is 0.119 e. The largest absolute Gasteiger partial charge is 0.497 e. The number of halogens is 1. The number of hydrogen-bond acceptors (Lipinski definition) is 2. The Bertz CT molecular complexity index is 1040. The maximum absolute atomic E-state index is 5.58. The van der Waals surface area contributed by atoms with E-state index in [2.05, 4.69) is 86.0 Å². The predicted molar refractivity (Wildman–Crippen MR) is 164 cm³/mol. The van der Waals surface area contributed by atoms with Crippen LogP contribution in [0, 0.1) is 0 Å². The highest BCUT2D eigenvalue weighted by Crippen LogP contribution is 2.27. The van der Waals surface area contributed by atoms with E-state index in [1.807, 2.05) is 32.9 Å². The molecule has 0 aliphatic rings. The molecule has 0 unspecified atom stereocenters. The molecule has 3 heteroatoms. The normalized spacial score (nSPS) is 12.4. The van der Waals surface area contributed by atoms with Gasteiger partial charge in [0.15, 0.2) is 0 Å². The van der Waals surface area contributed by atoms with Gasteiger partial charge in [0.1, 0.15) is 5.75 Å². The third-order valence-electron chi connectivity index (χ3n) is 5.82. The molecule has 0 spiro atoms. The number of rotatable bonds is 12. The average molecular weight is 523 g/mol. The van der Waals surface area contributed by atoms with Crippen molar-refractivity contribution in [3.63, 3.8) is 0 Å². The lowest BCUT2D eigenvalue weighted by Crippen LogP contribution is -1.96. The molecule has 194 valence electrons. The summed E-state index contributed by atoms with van der Waals surface area (Å²) >= 11 is 7.37. The lowest BCUT2D eigenvalue weighted by atomic mass is 9.98. The van der Waals surface area contributed by atoms with Crippen LogP contribution in [0.5, 0.6) is 5.75 Å². The van der Waals surface area contributed by atoms with Crippen LogP contribution in [-0.4, -0.2) is 13.4 Å². The van der Waals surface area contributed by atoms with Gasteiger partial charge in [0.05, 0.1) is 7.11 Å². The second kappa shape index (κ2) is 19.7. The summed E-state index contributed by atoms with van der Waals surface area (Å²) in [6, 6.07) is 15.2. The second-order valence-electron chi connectivity index (χ2n) is 8.32. The number of benzene rings is 2. The van der Waals surface area contributed by atoms with E-state index in [0.717, 1.165) is 43.4 Å². The zero-order valence-electron chi connectivity index (χ0n) is 22.9. The first-order chi connectivity index (χ1) is 17.5. The minimum Gasteiger partial charge on any atom is -0.497 e. The summed E-state index contributed by atoms with van der Waals surface area (Å²) in [6.45, 7) is 8.19. The fourth-order valence-electron chi connectivity index (χ4n) is 3.72. The Hall–Kier alpha value is -2.42. The van der Waals surface area contributed by atoms with Gasteiger partial charge < -0.3 is 4.74 Å². The highest BCUT2D eigenvalue weighted by molar-refractivity contribution is 7.98. The third kappa shape index (κ3) is 12.0. The molecular formula is C33H43ClOS. The quantitative estimate of drug-likeness (QED) is 0.202. The molecule has 2 rings (SSSR count). The molecule has 0 saturated carbocycles. The first kappa shape index (κ1) is 31.6. The molecule has 0 fully saturated rings. The monoisotopic (exact) mass is 522 g/mol. The first-order valence-corrected chi connectivity index (χ1v) is 14.3. The molecular weight excluding hydrogens is 480 g/mol. The molecule has 1 nitrogen and oxygen atoms in total. The van der Waals surface area contributed by atoms with E-state index < -0.39 is 0 Å². The highest BCUT2D eigenvalue weighted by Gasteiger charge is 2.05. The summed E-state index contributed by atoms with van der Waals surface area (Å²) < 4.78 is 5.33. The second-order valence-corrected chi connectivity index (χ2v) is 9.39. The van der Waals surface area contributed by atoms with Crippen molar-refractivity contribution in [3.8, 4) is 5.75 Å². The van der Waals surface area contributed by atoms with Gasteiger partial charge in [-0.15, -0.1) is 11.8 Å². The molecule has 0 heterocycles. The maximum Gasteiger partial charge on any atom is 0.119 e. The van der Waals surface area contributed by atoms with E-state index >= 15 is 0 Å². The molecule has 36 heavy (non-hydrogen) atoms. The van der Waals surface area contributed by atoms with Crippen LogP contribution in [0.15, 0.2) is 107 Å². The molecule has 0 atom stereocenters. The molecule has 0 amide bonds. The van der Waals surface area contributed by atoms with Crippen LogP contribution < -0.4 is 4.74 Å². The molecule has 0 saturated heterocycles. The standard InChI is InChI=1S/C23H28OS.C10H15Cl/c1-4-5-6-7-11-19-12-8-9-13-20(19)14-10-15-21-16-17-22(24-2)18-23(21)25-3;1-4-6-7-10(5-2)9(3)8-11/h4-9,12-13,16-18H,10-11,14-15H2,1-3H3;4,6-8H,5H2,1-3H3/b5-4-,7-6-;6-4-,9-8+,10-7-. The lowest BCUT2D eigenvalue weighted by Gasteiger charge is -2.11. The Labute approximate surface area is 229 Å². The van der Waals surface area contributed by atoms with E-state index in [1.165, 1.54) is 27.2 Å². The summed E-state index contributed by atoms with van der Waals surface area (Å²) in [5, 5.41) is 0. The number of thioether (sulfide) groups is 1. The fourth-order valence-corrected chi connectivity index (χ4v) is 4.53. The van der Waals surface area contributed by atoms with Gasteiger partial charge in [-0.25, -0.2) is 0 Å². The topological polar surface area (TPSA) is 9.23 Å². The van der Waals surface area contributed by atoms with Gasteiger partial charge in [-0.1, -0.05) is 91.4 Å². The van der Waals surface area contributed by atoms with Crippen molar-refractivity contribution < 1.29 is 4.74 Å². The Morgan fingerprint density at radius 2 is 1.64 bits per heavy atom. The van der Waals surface area contributed by atoms with Gasteiger partial charge >= 0.3 is 0 Å².